The molecule has 4 rings (SSSR count). The van der Waals surface area contributed by atoms with Gasteiger partial charge in [-0.25, -0.2) is 4.68 Å². The molecule has 0 bridgehead atoms. The van der Waals surface area contributed by atoms with Gasteiger partial charge < -0.3 is 15.0 Å². The number of amides is 2. The molecule has 1 aliphatic heterocycles. The van der Waals surface area contributed by atoms with E-state index in [2.05, 4.69) is 10.4 Å². The molecule has 178 valence electrons. The van der Waals surface area contributed by atoms with Gasteiger partial charge in [-0.2, -0.15) is 18.3 Å². The number of nitrogens with zero attached hydrogens (tertiary/aromatic N) is 3. The Morgan fingerprint density at radius 2 is 1.94 bits per heavy atom. The lowest BCUT2D eigenvalue weighted by Gasteiger charge is -2.25. The first-order valence-corrected chi connectivity index (χ1v) is 10.7. The van der Waals surface area contributed by atoms with Gasteiger partial charge in [0.15, 0.2) is 11.4 Å². The van der Waals surface area contributed by atoms with Crippen LogP contribution in [0.15, 0.2) is 60.8 Å². The minimum absolute atomic E-state index is 0.0292. The second kappa shape index (κ2) is 9.58. The maximum absolute atomic E-state index is 13.2. The Hall–Kier alpha value is -3.82. The lowest BCUT2D eigenvalue weighted by atomic mass is 10.1. The van der Waals surface area contributed by atoms with Crippen LogP contribution in [0.2, 0.25) is 0 Å². The third-order valence-corrected chi connectivity index (χ3v) is 5.64. The highest BCUT2D eigenvalue weighted by molar-refractivity contribution is 5.95. The monoisotopic (exact) mass is 472 g/mol. The average Bonchev–Trinajstić information content (AvgIpc) is 3.45. The first-order chi connectivity index (χ1) is 16.3. The van der Waals surface area contributed by atoms with E-state index in [9.17, 15) is 22.8 Å². The van der Waals surface area contributed by atoms with Crippen LogP contribution in [0.3, 0.4) is 0 Å². The van der Waals surface area contributed by atoms with Crippen molar-refractivity contribution in [1.29, 1.82) is 0 Å². The molecule has 0 saturated carbocycles. The first kappa shape index (κ1) is 23.3. The number of aromatic nitrogens is 2. The van der Waals surface area contributed by atoms with E-state index in [1.54, 1.807) is 4.90 Å². The van der Waals surface area contributed by atoms with E-state index >= 15 is 0 Å². The summed E-state index contributed by atoms with van der Waals surface area (Å²) in [5.41, 5.74) is 0.0414. The molecule has 1 fully saturated rings. The molecule has 0 aliphatic carbocycles. The molecule has 1 saturated heterocycles. The number of likely N-dealkylation sites (tertiary alicyclic amines) is 1. The number of carbonyl (C=O) groups is 2. The fraction of sp³-hybridized carbons (Fsp3) is 0.292. The van der Waals surface area contributed by atoms with Crippen LogP contribution in [0.5, 0.6) is 5.75 Å². The first-order valence-electron chi connectivity index (χ1n) is 10.7. The van der Waals surface area contributed by atoms with Crippen LogP contribution in [0.4, 0.5) is 13.2 Å². The molecular formula is C24H23F3N4O3. The Balaban J connectivity index is 1.61. The van der Waals surface area contributed by atoms with Gasteiger partial charge in [0.2, 0.25) is 5.91 Å². The van der Waals surface area contributed by atoms with Crippen molar-refractivity contribution in [3.63, 3.8) is 0 Å². The van der Waals surface area contributed by atoms with Crippen LogP contribution < -0.4 is 10.1 Å². The quantitative estimate of drug-likeness (QED) is 0.564. The number of hydrogen-bond acceptors (Lipinski definition) is 4. The highest BCUT2D eigenvalue weighted by Crippen LogP contribution is 2.31. The summed E-state index contributed by atoms with van der Waals surface area (Å²) in [6.07, 6.45) is -1.91. The van der Waals surface area contributed by atoms with Crippen molar-refractivity contribution in [2.24, 2.45) is 0 Å². The number of alkyl halides is 3. The van der Waals surface area contributed by atoms with E-state index in [1.807, 2.05) is 30.3 Å². The van der Waals surface area contributed by atoms with Crippen molar-refractivity contribution in [2.75, 3.05) is 20.2 Å². The maximum Gasteiger partial charge on any atom is 0.416 e. The second-order valence-corrected chi connectivity index (χ2v) is 7.92. The average molecular weight is 472 g/mol. The van der Waals surface area contributed by atoms with Crippen LogP contribution in [0.1, 0.15) is 40.5 Å². The second-order valence-electron chi connectivity index (χ2n) is 7.92. The van der Waals surface area contributed by atoms with Gasteiger partial charge in [0, 0.05) is 19.5 Å². The summed E-state index contributed by atoms with van der Waals surface area (Å²) in [4.78, 5) is 27.0. The molecular weight excluding hydrogens is 449 g/mol. The van der Waals surface area contributed by atoms with Gasteiger partial charge in [0.25, 0.3) is 5.91 Å². The van der Waals surface area contributed by atoms with Crippen molar-refractivity contribution in [3.05, 3.63) is 77.6 Å². The molecule has 1 aromatic heterocycles. The number of benzene rings is 2. The summed E-state index contributed by atoms with van der Waals surface area (Å²) >= 11 is 0. The van der Waals surface area contributed by atoms with Gasteiger partial charge in [-0.3, -0.25) is 9.59 Å². The Bertz CT molecular complexity index is 1180. The van der Waals surface area contributed by atoms with Crippen LogP contribution in [0.25, 0.3) is 5.69 Å². The number of methoxy groups -OCH3 is 1. The number of nitrogens with one attached hydrogen (secondary N) is 1. The molecule has 1 aliphatic rings. The van der Waals surface area contributed by atoms with E-state index < -0.39 is 23.7 Å². The Labute approximate surface area is 194 Å². The molecule has 2 amide bonds. The molecule has 34 heavy (non-hydrogen) atoms. The van der Waals surface area contributed by atoms with Crippen LogP contribution >= 0.6 is 0 Å². The minimum Gasteiger partial charge on any atom is -0.493 e. The normalized spacial score (nSPS) is 14.8. The van der Waals surface area contributed by atoms with Crippen LogP contribution in [-0.2, 0) is 11.0 Å². The summed E-state index contributed by atoms with van der Waals surface area (Å²) < 4.78 is 45.8. The van der Waals surface area contributed by atoms with Crippen molar-refractivity contribution in [3.8, 4) is 11.4 Å². The van der Waals surface area contributed by atoms with E-state index in [0.717, 1.165) is 24.1 Å². The van der Waals surface area contributed by atoms with Crippen molar-refractivity contribution in [2.45, 2.75) is 25.1 Å². The maximum atomic E-state index is 13.2. The predicted octanol–water partition coefficient (Wildman–Crippen LogP) is 3.99. The molecule has 2 aromatic carbocycles. The highest BCUT2D eigenvalue weighted by Gasteiger charge is 2.31. The summed E-state index contributed by atoms with van der Waals surface area (Å²) in [6, 6.07) is 13.4. The third kappa shape index (κ3) is 5.05. The van der Waals surface area contributed by atoms with Gasteiger partial charge in [0.1, 0.15) is 0 Å². The number of hydrogen-bond donors (Lipinski definition) is 1. The number of rotatable bonds is 7. The van der Waals surface area contributed by atoms with Gasteiger partial charge in [-0.15, -0.1) is 0 Å². The Morgan fingerprint density at radius 1 is 1.18 bits per heavy atom. The smallest absolute Gasteiger partial charge is 0.416 e. The Morgan fingerprint density at radius 3 is 2.59 bits per heavy atom. The lowest BCUT2D eigenvalue weighted by Crippen LogP contribution is -2.38. The fourth-order valence-corrected chi connectivity index (χ4v) is 3.89. The zero-order valence-electron chi connectivity index (χ0n) is 18.4. The lowest BCUT2D eigenvalue weighted by molar-refractivity contribution is -0.137. The summed E-state index contributed by atoms with van der Waals surface area (Å²) in [5.74, 6) is -0.427. The number of ether oxygens (including phenoxy) is 1. The molecule has 0 spiro atoms. The van der Waals surface area contributed by atoms with Crippen molar-refractivity contribution >= 4 is 11.8 Å². The van der Waals surface area contributed by atoms with E-state index in [0.29, 0.717) is 19.5 Å². The van der Waals surface area contributed by atoms with Crippen molar-refractivity contribution in [1.82, 2.24) is 20.0 Å². The van der Waals surface area contributed by atoms with Gasteiger partial charge in [0.05, 0.1) is 30.6 Å². The largest absolute Gasteiger partial charge is 0.493 e. The van der Waals surface area contributed by atoms with E-state index in [4.69, 9.17) is 4.74 Å². The molecule has 0 radical (unpaired) electrons. The summed E-state index contributed by atoms with van der Waals surface area (Å²) in [6.45, 7) is 0.913. The molecule has 3 aromatic rings. The van der Waals surface area contributed by atoms with Gasteiger partial charge in [-0.05, 0) is 30.2 Å². The van der Waals surface area contributed by atoms with Gasteiger partial charge >= 0.3 is 6.18 Å². The molecule has 10 heteroatoms. The standard InChI is InChI=1S/C24H23F3N4O3/c1-34-20-15-31(18-10-5-9-17(13-18)24(25,26)27)29-22(20)23(33)28-19(16-7-3-2-4-8-16)14-30-12-6-11-21(30)32/h2-5,7-10,13,15,19H,6,11-12,14H2,1H3,(H,28,33). The van der Waals surface area contributed by atoms with Gasteiger partial charge in [-0.1, -0.05) is 36.4 Å². The fourth-order valence-electron chi connectivity index (χ4n) is 3.89. The topological polar surface area (TPSA) is 76.5 Å². The molecule has 1 N–H and O–H groups in total. The molecule has 7 nitrogen and oxygen atoms in total. The molecule has 2 heterocycles. The van der Waals surface area contributed by atoms with E-state index in [-0.39, 0.29) is 23.0 Å². The Kier molecular flexibility index (Phi) is 6.58. The van der Waals surface area contributed by atoms with E-state index in [1.165, 1.54) is 30.1 Å². The predicted molar refractivity (Wildman–Crippen MR) is 118 cm³/mol. The summed E-state index contributed by atoms with van der Waals surface area (Å²) in [7, 11) is 1.35. The third-order valence-electron chi connectivity index (χ3n) is 5.64. The number of halogens is 3. The SMILES string of the molecule is COc1cn(-c2cccc(C(F)(F)F)c2)nc1C(=O)NC(CN1CCCC1=O)c1ccccc1. The zero-order valence-corrected chi connectivity index (χ0v) is 18.4. The van der Waals surface area contributed by atoms with Crippen LogP contribution in [-0.4, -0.2) is 46.7 Å². The molecule has 1 atom stereocenters. The highest BCUT2D eigenvalue weighted by atomic mass is 19.4. The van der Waals surface area contributed by atoms with Crippen LogP contribution in [0, 0.1) is 0 Å². The summed E-state index contributed by atoms with van der Waals surface area (Å²) in [5, 5.41) is 7.10. The zero-order chi connectivity index (χ0) is 24.3. The van der Waals surface area contributed by atoms with Crippen molar-refractivity contribution < 1.29 is 27.5 Å². The molecule has 1 unspecified atom stereocenters. The minimum atomic E-state index is -4.51. The number of carbonyl (C=O) groups excluding carboxylic acids is 2.